The van der Waals surface area contributed by atoms with E-state index in [0.29, 0.717) is 5.56 Å². The molecule has 1 aliphatic rings. The summed E-state index contributed by atoms with van der Waals surface area (Å²) in [4.78, 5) is 0. The van der Waals surface area contributed by atoms with Crippen LogP contribution >= 0.6 is 0 Å². The predicted octanol–water partition coefficient (Wildman–Crippen LogP) is 3.65. The number of benzene rings is 1. The van der Waals surface area contributed by atoms with Gasteiger partial charge < -0.3 is 5.32 Å². The summed E-state index contributed by atoms with van der Waals surface area (Å²) < 4.78 is 28.1. The van der Waals surface area contributed by atoms with Crippen LogP contribution in [0.5, 0.6) is 0 Å². The van der Waals surface area contributed by atoms with Gasteiger partial charge in [-0.15, -0.1) is 0 Å². The zero-order chi connectivity index (χ0) is 12.5. The molecule has 0 spiro atoms. The molecule has 94 valence electrons. The Labute approximate surface area is 101 Å². The van der Waals surface area contributed by atoms with Gasteiger partial charge in [0.15, 0.2) is 0 Å². The minimum Gasteiger partial charge on any atom is -0.307 e. The van der Waals surface area contributed by atoms with Gasteiger partial charge in [0.2, 0.25) is 0 Å². The second-order valence-corrected chi connectivity index (χ2v) is 5.12. The highest BCUT2D eigenvalue weighted by atomic mass is 19.1. The molecule has 3 heteroatoms. The summed E-state index contributed by atoms with van der Waals surface area (Å²) in [7, 11) is 0. The van der Waals surface area contributed by atoms with Crippen LogP contribution in [0.2, 0.25) is 0 Å². The van der Waals surface area contributed by atoms with Crippen LogP contribution in [0, 0.1) is 18.6 Å². The van der Waals surface area contributed by atoms with Crippen molar-refractivity contribution in [3.05, 3.63) is 34.9 Å². The molecule has 1 aromatic carbocycles. The van der Waals surface area contributed by atoms with Crippen molar-refractivity contribution < 1.29 is 8.78 Å². The fourth-order valence-electron chi connectivity index (χ4n) is 2.61. The number of halogens is 2. The van der Waals surface area contributed by atoms with Gasteiger partial charge >= 0.3 is 0 Å². The third-order valence-electron chi connectivity index (χ3n) is 3.70. The molecule has 1 aromatic rings. The van der Waals surface area contributed by atoms with Crippen molar-refractivity contribution in [3.8, 4) is 0 Å². The summed E-state index contributed by atoms with van der Waals surface area (Å²) in [6.07, 6.45) is 3.99. The van der Waals surface area contributed by atoms with Crippen molar-refractivity contribution in [2.45, 2.75) is 45.1 Å². The molecule has 2 rings (SSSR count). The third-order valence-corrected chi connectivity index (χ3v) is 3.70. The summed E-state index contributed by atoms with van der Waals surface area (Å²) in [5, 5.41) is 3.30. The SMILES string of the molecule is Cc1ccc(F)c(C2(C)CCCCCN2)c1F. The largest absolute Gasteiger partial charge is 0.307 e. The fraction of sp³-hybridized carbons (Fsp3) is 0.571. The summed E-state index contributed by atoms with van der Waals surface area (Å²) in [5.74, 6) is -0.841. The van der Waals surface area contributed by atoms with Crippen molar-refractivity contribution in [2.24, 2.45) is 0 Å². The molecule has 0 bridgehead atoms. The molecular weight excluding hydrogens is 220 g/mol. The van der Waals surface area contributed by atoms with Crippen molar-refractivity contribution in [1.82, 2.24) is 5.32 Å². The average molecular weight is 239 g/mol. The van der Waals surface area contributed by atoms with Gasteiger partial charge in [-0.1, -0.05) is 18.9 Å². The molecular formula is C14H19F2N. The Morgan fingerprint density at radius 2 is 1.94 bits per heavy atom. The van der Waals surface area contributed by atoms with Crippen molar-refractivity contribution in [2.75, 3.05) is 6.54 Å². The first kappa shape index (κ1) is 12.5. The molecule has 0 aliphatic carbocycles. The lowest BCUT2D eigenvalue weighted by Crippen LogP contribution is -2.40. The first-order valence-corrected chi connectivity index (χ1v) is 6.25. The zero-order valence-corrected chi connectivity index (χ0v) is 10.4. The molecule has 1 fully saturated rings. The zero-order valence-electron chi connectivity index (χ0n) is 10.4. The normalized spacial score (nSPS) is 25.6. The van der Waals surface area contributed by atoms with Gasteiger partial charge in [-0.2, -0.15) is 0 Å². The quantitative estimate of drug-likeness (QED) is 0.788. The van der Waals surface area contributed by atoms with E-state index in [0.717, 1.165) is 32.2 Å². The number of rotatable bonds is 1. The minimum atomic E-state index is -0.573. The lowest BCUT2D eigenvalue weighted by Gasteiger charge is -2.31. The number of hydrogen-bond donors (Lipinski definition) is 1. The minimum absolute atomic E-state index is 0.208. The fourth-order valence-corrected chi connectivity index (χ4v) is 2.61. The van der Waals surface area contributed by atoms with Gasteiger partial charge in [-0.05, 0) is 44.9 Å². The van der Waals surface area contributed by atoms with Crippen LogP contribution in [-0.4, -0.2) is 6.54 Å². The van der Waals surface area contributed by atoms with Crippen molar-refractivity contribution in [3.63, 3.8) is 0 Å². The molecule has 1 heterocycles. The lowest BCUT2D eigenvalue weighted by molar-refractivity contribution is 0.328. The lowest BCUT2D eigenvalue weighted by atomic mass is 9.86. The van der Waals surface area contributed by atoms with E-state index in [2.05, 4.69) is 5.32 Å². The number of nitrogens with one attached hydrogen (secondary N) is 1. The van der Waals surface area contributed by atoms with E-state index in [1.807, 2.05) is 6.92 Å². The summed E-state index contributed by atoms with van der Waals surface area (Å²) in [5.41, 5.74) is 0.143. The Morgan fingerprint density at radius 3 is 2.71 bits per heavy atom. The number of hydrogen-bond acceptors (Lipinski definition) is 1. The highest BCUT2D eigenvalue weighted by Crippen LogP contribution is 2.33. The molecule has 1 unspecified atom stereocenters. The highest BCUT2D eigenvalue weighted by Gasteiger charge is 2.33. The van der Waals surface area contributed by atoms with Crippen molar-refractivity contribution >= 4 is 0 Å². The molecule has 1 atom stereocenters. The Balaban J connectivity index is 2.47. The molecule has 0 amide bonds. The van der Waals surface area contributed by atoms with Crippen LogP contribution in [0.3, 0.4) is 0 Å². The maximum atomic E-state index is 14.1. The maximum Gasteiger partial charge on any atom is 0.134 e. The third kappa shape index (κ3) is 2.34. The van der Waals surface area contributed by atoms with Gasteiger partial charge in [0.05, 0.1) is 0 Å². The van der Waals surface area contributed by atoms with E-state index < -0.39 is 17.2 Å². The molecule has 1 N–H and O–H groups in total. The van der Waals surface area contributed by atoms with E-state index in [4.69, 9.17) is 0 Å². The first-order valence-electron chi connectivity index (χ1n) is 6.25. The summed E-state index contributed by atoms with van der Waals surface area (Å²) in [6, 6.07) is 2.86. The Bertz CT molecular complexity index is 407. The van der Waals surface area contributed by atoms with Gasteiger partial charge in [0.1, 0.15) is 11.6 Å². The maximum absolute atomic E-state index is 14.1. The van der Waals surface area contributed by atoms with Crippen LogP contribution < -0.4 is 5.32 Å². The molecule has 0 radical (unpaired) electrons. The Morgan fingerprint density at radius 1 is 1.18 bits per heavy atom. The molecule has 1 nitrogen and oxygen atoms in total. The van der Waals surface area contributed by atoms with E-state index in [1.54, 1.807) is 6.92 Å². The Kier molecular flexibility index (Phi) is 3.48. The molecule has 1 saturated heterocycles. The van der Waals surface area contributed by atoms with Crippen LogP contribution in [-0.2, 0) is 5.54 Å². The van der Waals surface area contributed by atoms with Crippen molar-refractivity contribution in [1.29, 1.82) is 0 Å². The Hall–Kier alpha value is -0.960. The molecule has 17 heavy (non-hydrogen) atoms. The number of aryl methyl sites for hydroxylation is 1. The van der Waals surface area contributed by atoms with Crippen LogP contribution in [0.4, 0.5) is 8.78 Å². The van der Waals surface area contributed by atoms with Gasteiger partial charge in [0, 0.05) is 11.1 Å². The topological polar surface area (TPSA) is 12.0 Å². The van der Waals surface area contributed by atoms with Crippen LogP contribution in [0.15, 0.2) is 12.1 Å². The summed E-state index contributed by atoms with van der Waals surface area (Å²) >= 11 is 0. The van der Waals surface area contributed by atoms with E-state index in [1.165, 1.54) is 12.1 Å². The van der Waals surface area contributed by atoms with Gasteiger partial charge in [0.25, 0.3) is 0 Å². The highest BCUT2D eigenvalue weighted by molar-refractivity contribution is 5.32. The van der Waals surface area contributed by atoms with Crippen LogP contribution in [0.1, 0.15) is 43.7 Å². The second-order valence-electron chi connectivity index (χ2n) is 5.12. The summed E-state index contributed by atoms with van der Waals surface area (Å²) in [6.45, 7) is 4.40. The predicted molar refractivity (Wildman–Crippen MR) is 64.9 cm³/mol. The molecule has 1 aliphatic heterocycles. The van der Waals surface area contributed by atoms with Gasteiger partial charge in [-0.25, -0.2) is 8.78 Å². The van der Waals surface area contributed by atoms with Gasteiger partial charge in [-0.3, -0.25) is 0 Å². The average Bonchev–Trinajstić information content (AvgIpc) is 2.50. The smallest absolute Gasteiger partial charge is 0.134 e. The van der Waals surface area contributed by atoms with Crippen LogP contribution in [0.25, 0.3) is 0 Å². The monoisotopic (exact) mass is 239 g/mol. The molecule has 0 aromatic heterocycles. The van der Waals surface area contributed by atoms with E-state index >= 15 is 0 Å². The first-order chi connectivity index (χ1) is 8.04. The second kappa shape index (κ2) is 4.73. The van der Waals surface area contributed by atoms with E-state index in [-0.39, 0.29) is 5.56 Å². The standard InChI is InChI=1S/C14H19F2N/c1-10-6-7-11(15)12(13(10)16)14(2)8-4-3-5-9-17-14/h6-7,17H,3-5,8-9H2,1-2H3. The van der Waals surface area contributed by atoms with E-state index in [9.17, 15) is 8.78 Å². The molecule has 0 saturated carbocycles.